The average Bonchev–Trinajstić information content (AvgIpc) is 2.28. The predicted octanol–water partition coefficient (Wildman–Crippen LogP) is -1.35. The first-order chi connectivity index (χ1) is 8.57. The van der Waals surface area contributed by atoms with Gasteiger partial charge in [-0.15, -0.1) is 0 Å². The van der Waals surface area contributed by atoms with Crippen LogP contribution in [-0.2, 0) is 20.4 Å². The van der Waals surface area contributed by atoms with E-state index in [4.69, 9.17) is 0 Å². The van der Waals surface area contributed by atoms with Crippen LogP contribution in [0, 0.1) is 0 Å². The maximum atomic E-state index is 11.9. The van der Waals surface area contributed by atoms with Crippen LogP contribution in [0.2, 0.25) is 0 Å². The lowest BCUT2D eigenvalue weighted by molar-refractivity contribution is 0.291. The van der Waals surface area contributed by atoms with E-state index in [1.54, 1.807) is 0 Å². The van der Waals surface area contributed by atoms with E-state index in [1.807, 2.05) is 0 Å². The standard InChI is InChI=1S/C9H22N4O4S2/c1-11(2)18(14,15)10-9-5-7-13(8-6-9)19(16,17)12(3)4/h9-10H,5-8H2,1-4H3. The molecule has 0 radical (unpaired) electrons. The molecule has 1 fully saturated rings. The molecule has 0 unspecified atom stereocenters. The monoisotopic (exact) mass is 314 g/mol. The van der Waals surface area contributed by atoms with Crippen molar-refractivity contribution in [3.05, 3.63) is 0 Å². The highest BCUT2D eigenvalue weighted by molar-refractivity contribution is 7.87. The van der Waals surface area contributed by atoms with Crippen molar-refractivity contribution in [1.29, 1.82) is 0 Å². The highest BCUT2D eigenvalue weighted by Crippen LogP contribution is 2.16. The fraction of sp³-hybridized carbons (Fsp3) is 1.00. The van der Waals surface area contributed by atoms with Crippen molar-refractivity contribution in [3.8, 4) is 0 Å². The molecule has 10 heteroatoms. The third-order valence-electron chi connectivity index (χ3n) is 3.04. The third-order valence-corrected chi connectivity index (χ3v) is 6.57. The second-order valence-electron chi connectivity index (χ2n) is 4.87. The van der Waals surface area contributed by atoms with Crippen molar-refractivity contribution in [2.24, 2.45) is 0 Å². The Kier molecular flexibility index (Phi) is 5.32. The molecule has 0 bridgehead atoms. The number of piperidine rings is 1. The molecule has 1 rings (SSSR count). The molecule has 0 saturated carbocycles. The Morgan fingerprint density at radius 2 is 1.42 bits per heavy atom. The molecule has 0 amide bonds. The average molecular weight is 314 g/mol. The van der Waals surface area contributed by atoms with Crippen molar-refractivity contribution in [3.63, 3.8) is 0 Å². The fourth-order valence-electron chi connectivity index (χ4n) is 1.75. The molecule has 0 aromatic carbocycles. The third kappa shape index (κ3) is 4.10. The predicted molar refractivity (Wildman–Crippen MR) is 72.9 cm³/mol. The topological polar surface area (TPSA) is 90.0 Å². The molecule has 0 aromatic heterocycles. The maximum Gasteiger partial charge on any atom is 0.281 e. The van der Waals surface area contributed by atoms with Crippen molar-refractivity contribution in [2.75, 3.05) is 41.3 Å². The zero-order valence-electron chi connectivity index (χ0n) is 11.7. The van der Waals surface area contributed by atoms with Crippen LogP contribution in [0.5, 0.6) is 0 Å². The molecule has 1 aliphatic heterocycles. The highest BCUT2D eigenvalue weighted by Gasteiger charge is 2.31. The number of nitrogens with one attached hydrogen (secondary N) is 1. The first-order valence-corrected chi connectivity index (χ1v) is 8.78. The van der Waals surface area contributed by atoms with E-state index in [1.165, 1.54) is 32.5 Å². The van der Waals surface area contributed by atoms with E-state index in [0.717, 1.165) is 8.61 Å². The van der Waals surface area contributed by atoms with Gasteiger partial charge < -0.3 is 0 Å². The Labute approximate surface area is 115 Å². The number of hydrogen-bond donors (Lipinski definition) is 1. The van der Waals surface area contributed by atoms with Gasteiger partial charge >= 0.3 is 0 Å². The first kappa shape index (κ1) is 16.8. The van der Waals surface area contributed by atoms with Crippen molar-refractivity contribution in [2.45, 2.75) is 18.9 Å². The second-order valence-corrected chi connectivity index (χ2v) is 8.93. The molecule has 0 aliphatic carbocycles. The normalized spacial score (nSPS) is 20.3. The smallest absolute Gasteiger partial charge is 0.199 e. The zero-order chi connectivity index (χ0) is 14.8. The van der Waals surface area contributed by atoms with E-state index in [0.29, 0.717) is 25.9 Å². The van der Waals surface area contributed by atoms with Crippen LogP contribution in [0.25, 0.3) is 0 Å². The Hall–Kier alpha value is -0.260. The van der Waals surface area contributed by atoms with Crippen LogP contribution in [0.15, 0.2) is 0 Å². The van der Waals surface area contributed by atoms with Gasteiger partial charge in [-0.3, -0.25) is 0 Å². The SMILES string of the molecule is CN(C)S(=O)(=O)NC1CCN(S(=O)(=O)N(C)C)CC1. The molecule has 19 heavy (non-hydrogen) atoms. The van der Waals surface area contributed by atoms with Crippen LogP contribution >= 0.6 is 0 Å². The summed E-state index contributed by atoms with van der Waals surface area (Å²) in [5, 5.41) is 0. The van der Waals surface area contributed by atoms with Gasteiger partial charge in [0.05, 0.1) is 0 Å². The summed E-state index contributed by atoms with van der Waals surface area (Å²) in [4.78, 5) is 0. The van der Waals surface area contributed by atoms with Crippen molar-refractivity contribution in [1.82, 2.24) is 17.6 Å². The number of hydrogen-bond acceptors (Lipinski definition) is 4. The summed E-state index contributed by atoms with van der Waals surface area (Å²) in [6, 6.07) is -0.221. The Balaban J connectivity index is 2.60. The van der Waals surface area contributed by atoms with Gasteiger partial charge in [0.15, 0.2) is 0 Å². The summed E-state index contributed by atoms with van der Waals surface area (Å²) < 4.78 is 53.3. The molecule has 1 N–H and O–H groups in total. The lowest BCUT2D eigenvalue weighted by Crippen LogP contribution is -2.50. The van der Waals surface area contributed by atoms with E-state index in [9.17, 15) is 16.8 Å². The minimum atomic E-state index is -3.46. The van der Waals surface area contributed by atoms with Gasteiger partial charge in [-0.1, -0.05) is 0 Å². The minimum Gasteiger partial charge on any atom is -0.199 e. The zero-order valence-corrected chi connectivity index (χ0v) is 13.3. The molecule has 1 aliphatic rings. The van der Waals surface area contributed by atoms with Gasteiger partial charge in [0.2, 0.25) is 0 Å². The van der Waals surface area contributed by atoms with E-state index < -0.39 is 20.4 Å². The van der Waals surface area contributed by atoms with E-state index >= 15 is 0 Å². The summed E-state index contributed by atoms with van der Waals surface area (Å²) >= 11 is 0. The van der Waals surface area contributed by atoms with Crippen LogP contribution in [-0.4, -0.2) is 77.1 Å². The molecule has 0 spiro atoms. The number of nitrogens with zero attached hydrogens (tertiary/aromatic N) is 3. The lowest BCUT2D eigenvalue weighted by atomic mass is 10.1. The quantitative estimate of drug-likeness (QED) is 0.679. The molecule has 1 saturated heterocycles. The van der Waals surface area contributed by atoms with Crippen LogP contribution in [0.4, 0.5) is 0 Å². The van der Waals surface area contributed by atoms with Gasteiger partial charge in [0.1, 0.15) is 0 Å². The van der Waals surface area contributed by atoms with Crippen LogP contribution in [0.1, 0.15) is 12.8 Å². The second kappa shape index (κ2) is 6.02. The van der Waals surface area contributed by atoms with E-state index in [-0.39, 0.29) is 6.04 Å². The minimum absolute atomic E-state index is 0.221. The molecular formula is C9H22N4O4S2. The van der Waals surface area contributed by atoms with Crippen LogP contribution in [0.3, 0.4) is 0 Å². The first-order valence-electron chi connectivity index (χ1n) is 5.94. The molecule has 1 heterocycles. The maximum absolute atomic E-state index is 11.9. The lowest BCUT2D eigenvalue weighted by Gasteiger charge is -2.33. The van der Waals surface area contributed by atoms with Gasteiger partial charge in [0, 0.05) is 47.3 Å². The van der Waals surface area contributed by atoms with Gasteiger partial charge in [-0.25, -0.2) is 0 Å². The molecular weight excluding hydrogens is 292 g/mol. The largest absolute Gasteiger partial charge is 0.281 e. The van der Waals surface area contributed by atoms with Gasteiger partial charge in [0.25, 0.3) is 20.4 Å². The number of rotatable bonds is 5. The Morgan fingerprint density at radius 1 is 0.947 bits per heavy atom. The molecule has 114 valence electrons. The van der Waals surface area contributed by atoms with Crippen molar-refractivity contribution < 1.29 is 16.8 Å². The molecule has 0 aromatic rings. The highest BCUT2D eigenvalue weighted by atomic mass is 32.2. The van der Waals surface area contributed by atoms with E-state index in [2.05, 4.69) is 4.72 Å². The Bertz CT molecular complexity index is 492. The fourth-order valence-corrected chi connectivity index (χ4v) is 3.75. The van der Waals surface area contributed by atoms with Gasteiger partial charge in [-0.2, -0.15) is 34.5 Å². The van der Waals surface area contributed by atoms with Crippen LogP contribution < -0.4 is 4.72 Å². The Morgan fingerprint density at radius 3 is 1.79 bits per heavy atom. The molecule has 8 nitrogen and oxygen atoms in total. The summed E-state index contributed by atoms with van der Waals surface area (Å²) in [6.45, 7) is 0.641. The summed E-state index contributed by atoms with van der Waals surface area (Å²) in [7, 11) is -0.997. The summed E-state index contributed by atoms with van der Waals surface area (Å²) in [6.07, 6.45) is 0.945. The van der Waals surface area contributed by atoms with Gasteiger partial charge in [-0.05, 0) is 12.8 Å². The summed E-state index contributed by atoms with van der Waals surface area (Å²) in [5.74, 6) is 0. The van der Waals surface area contributed by atoms with Crippen molar-refractivity contribution >= 4 is 20.4 Å². The summed E-state index contributed by atoms with van der Waals surface area (Å²) in [5.41, 5.74) is 0. The molecule has 0 atom stereocenters.